The highest BCUT2D eigenvalue weighted by atomic mass is 16.5. The number of nitrogens with one attached hydrogen (secondary N) is 1. The highest BCUT2D eigenvalue weighted by Gasteiger charge is 2.30. The molecule has 142 valence electrons. The first-order valence-corrected chi connectivity index (χ1v) is 9.24. The van der Waals surface area contributed by atoms with Gasteiger partial charge < -0.3 is 15.0 Å². The maximum atomic E-state index is 12.6. The molecule has 5 heteroatoms. The van der Waals surface area contributed by atoms with Crippen LogP contribution in [0.15, 0.2) is 42.5 Å². The van der Waals surface area contributed by atoms with Gasteiger partial charge in [0.25, 0.3) is 11.8 Å². The standard InChI is InChI=1S/C22H26N2O3/c1-6-24-18-12-11-17(13-19(18)27-14(2)21(24)26)23-20(25)15-7-9-16(10-8-15)22(3,4)5/h7-14H,6H2,1-5H3,(H,23,25). The summed E-state index contributed by atoms with van der Waals surface area (Å²) in [6.07, 6.45) is -0.534. The molecular weight excluding hydrogens is 340 g/mol. The van der Waals surface area contributed by atoms with E-state index in [4.69, 9.17) is 4.74 Å². The van der Waals surface area contributed by atoms with Crippen LogP contribution in [0.1, 0.15) is 50.5 Å². The van der Waals surface area contributed by atoms with Crippen molar-refractivity contribution in [2.75, 3.05) is 16.8 Å². The van der Waals surface area contributed by atoms with Crippen LogP contribution in [0.5, 0.6) is 5.75 Å². The Morgan fingerprint density at radius 1 is 1.15 bits per heavy atom. The number of ether oxygens (including phenoxy) is 1. The van der Waals surface area contributed by atoms with E-state index in [0.29, 0.717) is 23.5 Å². The largest absolute Gasteiger partial charge is 0.479 e. The fourth-order valence-electron chi connectivity index (χ4n) is 3.14. The molecule has 1 atom stereocenters. The molecule has 2 aromatic carbocycles. The van der Waals surface area contributed by atoms with Gasteiger partial charge in [0.1, 0.15) is 5.75 Å². The third kappa shape index (κ3) is 3.82. The van der Waals surface area contributed by atoms with Crippen molar-refractivity contribution in [3.63, 3.8) is 0 Å². The molecular formula is C22H26N2O3. The number of nitrogens with zero attached hydrogens (tertiary/aromatic N) is 1. The minimum absolute atomic E-state index is 0.0458. The van der Waals surface area contributed by atoms with E-state index in [1.165, 1.54) is 5.56 Å². The van der Waals surface area contributed by atoms with E-state index in [9.17, 15) is 9.59 Å². The zero-order valence-electron chi connectivity index (χ0n) is 16.5. The number of hydrogen-bond donors (Lipinski definition) is 1. The first-order valence-electron chi connectivity index (χ1n) is 9.24. The van der Waals surface area contributed by atoms with Gasteiger partial charge in [-0.3, -0.25) is 9.59 Å². The van der Waals surface area contributed by atoms with Gasteiger partial charge in [0.15, 0.2) is 6.10 Å². The van der Waals surface area contributed by atoms with Crippen molar-refractivity contribution in [1.29, 1.82) is 0 Å². The second-order valence-electron chi connectivity index (χ2n) is 7.81. The number of fused-ring (bicyclic) bond motifs is 1. The summed E-state index contributed by atoms with van der Waals surface area (Å²) < 4.78 is 5.71. The minimum atomic E-state index is -0.534. The van der Waals surface area contributed by atoms with E-state index in [2.05, 4.69) is 26.1 Å². The van der Waals surface area contributed by atoms with E-state index in [1.54, 1.807) is 30.0 Å². The van der Waals surface area contributed by atoms with Crippen molar-refractivity contribution in [2.24, 2.45) is 0 Å². The van der Waals surface area contributed by atoms with Crippen molar-refractivity contribution in [2.45, 2.75) is 46.1 Å². The summed E-state index contributed by atoms with van der Waals surface area (Å²) in [4.78, 5) is 26.5. The lowest BCUT2D eigenvalue weighted by molar-refractivity contribution is -0.125. The average molecular weight is 366 g/mol. The molecule has 0 aliphatic carbocycles. The van der Waals surface area contributed by atoms with Gasteiger partial charge in [-0.25, -0.2) is 0 Å². The maximum Gasteiger partial charge on any atom is 0.267 e. The third-order valence-corrected chi connectivity index (χ3v) is 4.76. The molecule has 3 rings (SSSR count). The molecule has 1 aliphatic heterocycles. The fraction of sp³-hybridized carbons (Fsp3) is 0.364. The van der Waals surface area contributed by atoms with Crippen molar-refractivity contribution >= 4 is 23.2 Å². The van der Waals surface area contributed by atoms with Gasteiger partial charge in [-0.05, 0) is 49.1 Å². The Balaban J connectivity index is 1.79. The molecule has 27 heavy (non-hydrogen) atoms. The number of likely N-dealkylation sites (N-methyl/N-ethyl adjacent to an activating group) is 1. The number of benzene rings is 2. The Morgan fingerprint density at radius 3 is 2.41 bits per heavy atom. The summed E-state index contributed by atoms with van der Waals surface area (Å²) in [6, 6.07) is 13.0. The summed E-state index contributed by atoms with van der Waals surface area (Å²) in [5.74, 6) is 0.369. The normalized spacial score (nSPS) is 16.6. The fourth-order valence-corrected chi connectivity index (χ4v) is 3.14. The Labute approximate surface area is 160 Å². The molecule has 5 nitrogen and oxygen atoms in total. The van der Waals surface area contributed by atoms with Crippen LogP contribution < -0.4 is 15.0 Å². The molecule has 0 saturated carbocycles. The van der Waals surface area contributed by atoms with Gasteiger partial charge in [-0.15, -0.1) is 0 Å². The Morgan fingerprint density at radius 2 is 1.81 bits per heavy atom. The zero-order chi connectivity index (χ0) is 19.8. The molecule has 0 spiro atoms. The highest BCUT2D eigenvalue weighted by Crippen LogP contribution is 2.36. The minimum Gasteiger partial charge on any atom is -0.479 e. The molecule has 0 bridgehead atoms. The van der Waals surface area contributed by atoms with Crippen molar-refractivity contribution < 1.29 is 14.3 Å². The summed E-state index contributed by atoms with van der Waals surface area (Å²) >= 11 is 0. The molecule has 2 aromatic rings. The van der Waals surface area contributed by atoms with Gasteiger partial charge in [-0.1, -0.05) is 32.9 Å². The monoisotopic (exact) mass is 366 g/mol. The van der Waals surface area contributed by atoms with Gasteiger partial charge >= 0.3 is 0 Å². The first kappa shape index (κ1) is 19.0. The highest BCUT2D eigenvalue weighted by molar-refractivity contribution is 6.05. The van der Waals surface area contributed by atoms with Crippen LogP contribution in [-0.2, 0) is 10.2 Å². The van der Waals surface area contributed by atoms with Crippen LogP contribution in [-0.4, -0.2) is 24.5 Å². The lowest BCUT2D eigenvalue weighted by Crippen LogP contribution is -2.44. The number of carbonyl (C=O) groups is 2. The second kappa shape index (κ2) is 7.06. The van der Waals surface area contributed by atoms with Crippen LogP contribution in [0.2, 0.25) is 0 Å². The smallest absolute Gasteiger partial charge is 0.267 e. The Kier molecular flexibility index (Phi) is 4.96. The summed E-state index contributed by atoms with van der Waals surface area (Å²) in [6.45, 7) is 10.7. The quantitative estimate of drug-likeness (QED) is 0.877. The summed E-state index contributed by atoms with van der Waals surface area (Å²) in [5.41, 5.74) is 3.19. The van der Waals surface area contributed by atoms with Crippen LogP contribution in [0.25, 0.3) is 0 Å². The third-order valence-electron chi connectivity index (χ3n) is 4.76. The number of anilines is 2. The van der Waals surface area contributed by atoms with Crippen LogP contribution in [0.3, 0.4) is 0 Å². The van der Waals surface area contributed by atoms with Gasteiger partial charge in [-0.2, -0.15) is 0 Å². The molecule has 0 aromatic heterocycles. The number of carbonyl (C=O) groups excluding carboxylic acids is 2. The predicted octanol–water partition coefficient (Wildman–Crippen LogP) is 4.37. The van der Waals surface area contributed by atoms with E-state index in [0.717, 1.165) is 5.69 Å². The molecule has 1 aliphatic rings. The molecule has 0 radical (unpaired) electrons. The summed E-state index contributed by atoms with van der Waals surface area (Å²) in [7, 11) is 0. The lowest BCUT2D eigenvalue weighted by Gasteiger charge is -2.32. The maximum absolute atomic E-state index is 12.6. The number of amides is 2. The molecule has 0 saturated heterocycles. The first-order chi connectivity index (χ1) is 12.7. The van der Waals surface area contributed by atoms with E-state index < -0.39 is 6.10 Å². The molecule has 0 fully saturated rings. The van der Waals surface area contributed by atoms with Gasteiger partial charge in [0, 0.05) is 23.9 Å². The Hall–Kier alpha value is -2.82. The SMILES string of the molecule is CCN1C(=O)C(C)Oc2cc(NC(=O)c3ccc(C(C)(C)C)cc3)ccc21. The van der Waals surface area contributed by atoms with Gasteiger partial charge in [0.2, 0.25) is 0 Å². The Bertz CT molecular complexity index is 866. The van der Waals surface area contributed by atoms with Crippen LogP contribution >= 0.6 is 0 Å². The predicted molar refractivity (Wildman–Crippen MR) is 108 cm³/mol. The zero-order valence-corrected chi connectivity index (χ0v) is 16.5. The molecule has 1 heterocycles. The molecule has 2 amide bonds. The van der Waals surface area contributed by atoms with Crippen LogP contribution in [0, 0.1) is 0 Å². The topological polar surface area (TPSA) is 58.6 Å². The molecule has 1 N–H and O–H groups in total. The van der Waals surface area contributed by atoms with E-state index in [-0.39, 0.29) is 17.2 Å². The van der Waals surface area contributed by atoms with Crippen molar-refractivity contribution in [3.05, 3.63) is 53.6 Å². The van der Waals surface area contributed by atoms with Crippen LogP contribution in [0.4, 0.5) is 11.4 Å². The second-order valence-corrected chi connectivity index (χ2v) is 7.81. The van der Waals surface area contributed by atoms with Crippen molar-refractivity contribution in [3.8, 4) is 5.75 Å². The number of rotatable bonds is 3. The molecule has 1 unspecified atom stereocenters. The lowest BCUT2D eigenvalue weighted by atomic mass is 9.87. The average Bonchev–Trinajstić information content (AvgIpc) is 2.62. The van der Waals surface area contributed by atoms with Crippen molar-refractivity contribution in [1.82, 2.24) is 0 Å². The number of hydrogen-bond acceptors (Lipinski definition) is 3. The van der Waals surface area contributed by atoms with Gasteiger partial charge in [0.05, 0.1) is 5.69 Å². The summed E-state index contributed by atoms with van der Waals surface area (Å²) in [5, 5.41) is 2.90. The van der Waals surface area contributed by atoms with E-state index in [1.807, 2.05) is 31.2 Å². The van der Waals surface area contributed by atoms with E-state index >= 15 is 0 Å².